The second-order valence-electron chi connectivity index (χ2n) is 3.43. The molecule has 1 unspecified atom stereocenters. The van der Waals surface area contributed by atoms with Crippen molar-refractivity contribution in [3.63, 3.8) is 0 Å². The Balaban J connectivity index is 2.49. The Morgan fingerprint density at radius 3 is 2.44 bits per heavy atom. The fraction of sp³-hybridized carbons (Fsp3) is 1.00. The second-order valence-corrected chi connectivity index (χ2v) is 3.43. The first-order valence-electron chi connectivity index (χ1n) is 3.53. The van der Waals surface area contributed by atoms with Crippen LogP contribution in [0, 0.1) is 0 Å². The van der Waals surface area contributed by atoms with Crippen molar-refractivity contribution >= 4 is 0 Å². The van der Waals surface area contributed by atoms with Gasteiger partial charge in [-0.05, 0) is 6.92 Å². The van der Waals surface area contributed by atoms with Gasteiger partial charge in [0.1, 0.15) is 12.6 Å². The first-order valence-corrected chi connectivity index (χ1v) is 3.53. The summed E-state index contributed by atoms with van der Waals surface area (Å²) in [5.74, 6) is 0. The van der Waals surface area contributed by atoms with Crippen LogP contribution >= 0.6 is 0 Å². The van der Waals surface area contributed by atoms with E-state index in [0.29, 0.717) is 6.04 Å². The van der Waals surface area contributed by atoms with Crippen molar-refractivity contribution < 1.29 is 9.22 Å². The van der Waals surface area contributed by atoms with E-state index in [2.05, 4.69) is 21.0 Å². The summed E-state index contributed by atoms with van der Waals surface area (Å²) in [6, 6.07) is 0.666. The molecule has 54 valence electrons. The van der Waals surface area contributed by atoms with Gasteiger partial charge in [-0.1, -0.05) is 0 Å². The molecule has 9 heavy (non-hydrogen) atoms. The Hall–Kier alpha value is -0.0800. The van der Waals surface area contributed by atoms with Gasteiger partial charge in [0.05, 0.1) is 27.3 Å². The van der Waals surface area contributed by atoms with Gasteiger partial charge in [0.2, 0.25) is 0 Å². The molecule has 0 aromatic carbocycles. The van der Waals surface area contributed by atoms with E-state index in [9.17, 15) is 0 Å². The van der Waals surface area contributed by atoms with Crippen LogP contribution < -0.4 is 0 Å². The zero-order valence-electron chi connectivity index (χ0n) is 6.55. The lowest BCUT2D eigenvalue weighted by molar-refractivity contribution is -0.921. The van der Waals surface area contributed by atoms with Crippen LogP contribution in [0.2, 0.25) is 0 Å². The lowest BCUT2D eigenvalue weighted by atomic mass is 10.2. The first-order chi connectivity index (χ1) is 4.13. The highest BCUT2D eigenvalue weighted by Crippen LogP contribution is 2.10. The monoisotopic (exact) mass is 130 g/mol. The van der Waals surface area contributed by atoms with Crippen molar-refractivity contribution in [2.45, 2.75) is 13.0 Å². The van der Waals surface area contributed by atoms with Gasteiger partial charge in [-0.2, -0.15) is 0 Å². The number of likely N-dealkylation sites (N-methyl/N-ethyl adjacent to an activating group) is 1. The molecule has 1 saturated heterocycles. The second kappa shape index (κ2) is 2.27. The Kier molecular flexibility index (Phi) is 1.78. The van der Waals surface area contributed by atoms with E-state index < -0.39 is 0 Å². The highest BCUT2D eigenvalue weighted by Gasteiger charge is 2.27. The van der Waals surface area contributed by atoms with E-state index in [1.54, 1.807) is 0 Å². The van der Waals surface area contributed by atoms with Gasteiger partial charge in [-0.15, -0.1) is 0 Å². The Bertz CT molecular complexity index is 101. The lowest BCUT2D eigenvalue weighted by Gasteiger charge is -2.39. The van der Waals surface area contributed by atoms with Gasteiger partial charge in [0.25, 0.3) is 0 Å². The predicted molar refractivity (Wildman–Crippen MR) is 37.3 cm³/mol. The summed E-state index contributed by atoms with van der Waals surface area (Å²) in [5, 5.41) is 0. The molecule has 1 aliphatic heterocycles. The maximum Gasteiger partial charge on any atom is 0.109 e. The molecule has 0 spiro atoms. The van der Waals surface area contributed by atoms with Crippen LogP contribution in [-0.4, -0.2) is 44.4 Å². The minimum Gasteiger partial charge on any atom is -0.369 e. The van der Waals surface area contributed by atoms with Crippen LogP contribution in [0.25, 0.3) is 0 Å². The molecule has 0 aliphatic carbocycles. The summed E-state index contributed by atoms with van der Waals surface area (Å²) in [7, 11) is 4.51. The van der Waals surface area contributed by atoms with Crippen molar-refractivity contribution in [3.8, 4) is 0 Å². The third-order valence-electron chi connectivity index (χ3n) is 2.36. The van der Waals surface area contributed by atoms with E-state index >= 15 is 0 Å². The van der Waals surface area contributed by atoms with Crippen molar-refractivity contribution in [3.05, 3.63) is 0 Å². The molecule has 1 aliphatic rings. The molecule has 1 rings (SSSR count). The largest absolute Gasteiger partial charge is 0.369 e. The topological polar surface area (TPSA) is 9.23 Å². The van der Waals surface area contributed by atoms with Crippen molar-refractivity contribution in [2.75, 3.05) is 33.9 Å². The van der Waals surface area contributed by atoms with Crippen molar-refractivity contribution in [1.29, 1.82) is 0 Å². The molecule has 0 bridgehead atoms. The van der Waals surface area contributed by atoms with Gasteiger partial charge in [0, 0.05) is 0 Å². The van der Waals surface area contributed by atoms with Crippen molar-refractivity contribution in [2.24, 2.45) is 0 Å². The molecular formula is C7H16NO+. The predicted octanol–water partition coefficient (Wildman–Crippen LogP) is 0.482. The molecule has 2 heteroatoms. The lowest BCUT2D eigenvalue weighted by Crippen LogP contribution is -2.54. The van der Waals surface area contributed by atoms with Gasteiger partial charge < -0.3 is 9.22 Å². The quantitative estimate of drug-likeness (QED) is 0.433. The van der Waals surface area contributed by atoms with Crippen LogP contribution in [0.1, 0.15) is 6.92 Å². The Morgan fingerprint density at radius 2 is 2.11 bits per heavy atom. The SMILES string of the molecule is CC1COCC[N+]1(C)C. The minimum atomic E-state index is 0.666. The van der Waals surface area contributed by atoms with E-state index in [1.807, 2.05) is 0 Å². The first kappa shape index (κ1) is 7.03. The molecule has 1 fully saturated rings. The molecule has 0 aromatic rings. The van der Waals surface area contributed by atoms with E-state index in [1.165, 1.54) is 0 Å². The Morgan fingerprint density at radius 1 is 1.44 bits per heavy atom. The number of morpholine rings is 1. The molecule has 0 saturated carbocycles. The van der Waals surface area contributed by atoms with Gasteiger partial charge in [-0.3, -0.25) is 0 Å². The Labute approximate surface area is 57.0 Å². The number of ether oxygens (including phenoxy) is 1. The molecule has 1 heterocycles. The van der Waals surface area contributed by atoms with Gasteiger partial charge in [-0.25, -0.2) is 0 Å². The van der Waals surface area contributed by atoms with E-state index in [4.69, 9.17) is 4.74 Å². The maximum atomic E-state index is 5.30. The third-order valence-corrected chi connectivity index (χ3v) is 2.36. The smallest absolute Gasteiger partial charge is 0.109 e. The van der Waals surface area contributed by atoms with Gasteiger partial charge in [0.15, 0.2) is 0 Å². The molecule has 0 aromatic heterocycles. The number of nitrogens with zero attached hydrogens (tertiary/aromatic N) is 1. The zero-order chi connectivity index (χ0) is 6.91. The number of rotatable bonds is 0. The molecule has 2 nitrogen and oxygen atoms in total. The molecule has 0 N–H and O–H groups in total. The van der Waals surface area contributed by atoms with Crippen LogP contribution in [-0.2, 0) is 4.74 Å². The molecule has 0 amide bonds. The average molecular weight is 130 g/mol. The normalized spacial score (nSPS) is 34.3. The maximum absolute atomic E-state index is 5.30. The third kappa shape index (κ3) is 1.43. The standard InChI is InChI=1S/C7H16NO/c1-7-6-9-5-4-8(7,2)3/h7H,4-6H2,1-3H3/q+1. The highest BCUT2D eigenvalue weighted by molar-refractivity contribution is 4.53. The fourth-order valence-electron chi connectivity index (χ4n) is 0.976. The summed E-state index contributed by atoms with van der Waals surface area (Å²) < 4.78 is 6.41. The highest BCUT2D eigenvalue weighted by atomic mass is 16.5. The fourth-order valence-corrected chi connectivity index (χ4v) is 0.976. The van der Waals surface area contributed by atoms with Crippen LogP contribution in [0.15, 0.2) is 0 Å². The van der Waals surface area contributed by atoms with Crippen molar-refractivity contribution in [1.82, 2.24) is 0 Å². The summed E-state index contributed by atoms with van der Waals surface area (Å²) in [6.07, 6.45) is 0. The summed E-state index contributed by atoms with van der Waals surface area (Å²) in [5.41, 5.74) is 0. The summed E-state index contributed by atoms with van der Waals surface area (Å²) in [4.78, 5) is 0. The van der Waals surface area contributed by atoms with E-state index in [-0.39, 0.29) is 0 Å². The van der Waals surface area contributed by atoms with Gasteiger partial charge >= 0.3 is 0 Å². The van der Waals surface area contributed by atoms with Crippen LogP contribution in [0.5, 0.6) is 0 Å². The number of quaternary nitrogens is 1. The molecular weight excluding hydrogens is 114 g/mol. The number of hydrogen-bond donors (Lipinski definition) is 0. The summed E-state index contributed by atoms with van der Waals surface area (Å²) in [6.45, 7) is 5.24. The zero-order valence-corrected chi connectivity index (χ0v) is 6.55. The minimum absolute atomic E-state index is 0.666. The average Bonchev–Trinajstić information content (AvgIpc) is 1.77. The van der Waals surface area contributed by atoms with E-state index in [0.717, 1.165) is 24.2 Å². The number of hydrogen-bond acceptors (Lipinski definition) is 1. The van der Waals surface area contributed by atoms with Crippen LogP contribution in [0.3, 0.4) is 0 Å². The van der Waals surface area contributed by atoms with Crippen LogP contribution in [0.4, 0.5) is 0 Å². The molecule has 1 atom stereocenters. The summed E-state index contributed by atoms with van der Waals surface area (Å²) >= 11 is 0. The molecule has 0 radical (unpaired) electrons.